The highest BCUT2D eigenvalue weighted by Gasteiger charge is 2.23. The second-order valence-electron chi connectivity index (χ2n) is 4.32. The van der Waals surface area contributed by atoms with Crippen molar-refractivity contribution in [3.63, 3.8) is 0 Å². The quantitative estimate of drug-likeness (QED) is 0.470. The number of fused-ring (bicyclic) bond motifs is 2. The number of Topliss-reactive ketones (excluding diaryl/α,β-unsaturated/α-hetero) is 2. The number of carbonyl (C=O) groups is 2. The Labute approximate surface area is 111 Å². The second-order valence-corrected chi connectivity index (χ2v) is 4.32. The van der Waals surface area contributed by atoms with Crippen molar-refractivity contribution < 1.29 is 24.7 Å². The molecular formula is C12H16BNO5. The molecule has 2 aliphatic rings. The number of hydrogen-bond donors (Lipinski definition) is 4. The minimum atomic E-state index is -1.69. The normalized spacial score (nSPS) is 18.3. The molecular weight excluding hydrogens is 249 g/mol. The molecule has 6 nitrogen and oxygen atoms in total. The van der Waals surface area contributed by atoms with Crippen LogP contribution in [0.25, 0.3) is 0 Å². The minimum absolute atomic E-state index is 0.185. The molecule has 0 saturated carbocycles. The van der Waals surface area contributed by atoms with Crippen molar-refractivity contribution in [1.29, 1.82) is 0 Å². The van der Waals surface area contributed by atoms with Crippen molar-refractivity contribution in [3.8, 4) is 0 Å². The minimum Gasteiger partial charge on any atom is -0.427 e. The maximum absolute atomic E-state index is 10.8. The highest BCUT2D eigenvalue weighted by Crippen LogP contribution is 2.23. The third-order valence-corrected chi connectivity index (χ3v) is 2.68. The first-order chi connectivity index (χ1) is 8.82. The summed E-state index contributed by atoms with van der Waals surface area (Å²) in [5, 5.41) is 25.5. The van der Waals surface area contributed by atoms with Gasteiger partial charge in [0.15, 0.2) is 5.78 Å². The van der Waals surface area contributed by atoms with E-state index in [4.69, 9.17) is 20.9 Å². The van der Waals surface area contributed by atoms with Crippen molar-refractivity contribution in [3.05, 3.63) is 35.5 Å². The Hall–Kier alpha value is -1.54. The lowest BCUT2D eigenvalue weighted by molar-refractivity contribution is -0.120. The number of aliphatic hydroxyl groups is 1. The number of hydrogen-bond acceptors (Lipinski definition) is 6. The Bertz CT molecular complexity index is 441. The fourth-order valence-corrected chi connectivity index (χ4v) is 1.52. The van der Waals surface area contributed by atoms with Gasteiger partial charge in [0.2, 0.25) is 0 Å². The third-order valence-electron chi connectivity index (χ3n) is 2.68. The first-order valence-corrected chi connectivity index (χ1v) is 5.80. The maximum atomic E-state index is 10.8. The second kappa shape index (κ2) is 6.58. The summed E-state index contributed by atoms with van der Waals surface area (Å²) in [5.74, 6) is -0.375. The van der Waals surface area contributed by atoms with Gasteiger partial charge in [-0.1, -0.05) is 24.3 Å². The largest absolute Gasteiger partial charge is 0.459 e. The molecule has 0 aromatic heterocycles. The fourth-order valence-electron chi connectivity index (χ4n) is 1.52. The van der Waals surface area contributed by atoms with E-state index in [2.05, 4.69) is 0 Å². The van der Waals surface area contributed by atoms with Crippen LogP contribution in [0, 0.1) is 0 Å². The van der Waals surface area contributed by atoms with Gasteiger partial charge < -0.3 is 20.9 Å². The number of nitrogens with two attached hydrogens (primary N) is 1. The topological polar surface area (TPSA) is 121 Å². The predicted octanol–water partition coefficient (Wildman–Crippen LogP) is -1.27. The van der Waals surface area contributed by atoms with E-state index in [0.717, 1.165) is 11.1 Å². The summed E-state index contributed by atoms with van der Waals surface area (Å²) in [5.41, 5.74) is 6.85. The van der Waals surface area contributed by atoms with Crippen LogP contribution >= 0.6 is 0 Å². The van der Waals surface area contributed by atoms with Gasteiger partial charge >= 0.3 is 7.12 Å². The standard InChI is InChI=1S/C7H4O.C5H12BNO4/c8-7-5-1-2-6(7)4-3-5;1-3(8)5(7)4(9)2-6(10)11/h1-4H;3,5,8,10-11H,2,7H2,1H3. The van der Waals surface area contributed by atoms with Crippen LogP contribution < -0.4 is 5.73 Å². The lowest BCUT2D eigenvalue weighted by atomic mass is 9.81. The van der Waals surface area contributed by atoms with Crippen LogP contribution in [0.5, 0.6) is 0 Å². The zero-order chi connectivity index (χ0) is 14.6. The van der Waals surface area contributed by atoms with E-state index in [1.54, 1.807) is 0 Å². The monoisotopic (exact) mass is 265 g/mol. The molecule has 0 radical (unpaired) electrons. The van der Waals surface area contributed by atoms with Gasteiger partial charge in [0.05, 0.1) is 12.1 Å². The van der Waals surface area contributed by atoms with Crippen molar-refractivity contribution in [2.24, 2.45) is 5.73 Å². The number of allylic oxidation sites excluding steroid dienone is 6. The molecule has 0 saturated heterocycles. The Morgan fingerprint density at radius 2 is 1.79 bits per heavy atom. The molecule has 2 atom stereocenters. The SMILES string of the molecule is CC(O)C(N)C(=O)CB(O)O.O=C1C2=CC=C1C=C2. The number of rotatable bonds is 4. The van der Waals surface area contributed by atoms with E-state index in [0.29, 0.717) is 0 Å². The summed E-state index contributed by atoms with van der Waals surface area (Å²) in [4.78, 5) is 21.6. The fraction of sp³-hybridized carbons (Fsp3) is 0.333. The summed E-state index contributed by atoms with van der Waals surface area (Å²) >= 11 is 0. The summed E-state index contributed by atoms with van der Waals surface area (Å²) in [6.07, 6.45) is 5.98. The van der Waals surface area contributed by atoms with Gasteiger partial charge in [0, 0.05) is 17.5 Å². The van der Waals surface area contributed by atoms with Crippen molar-refractivity contribution in [2.45, 2.75) is 25.4 Å². The van der Waals surface area contributed by atoms with E-state index >= 15 is 0 Å². The molecule has 0 aromatic rings. The van der Waals surface area contributed by atoms with Crippen LogP contribution in [-0.2, 0) is 9.59 Å². The molecule has 102 valence electrons. The number of ketones is 2. The van der Waals surface area contributed by atoms with E-state index in [1.165, 1.54) is 6.92 Å². The maximum Gasteiger partial charge on any atom is 0.459 e. The average Bonchev–Trinajstić information content (AvgIpc) is 2.86. The molecule has 5 N–H and O–H groups in total. The van der Waals surface area contributed by atoms with Gasteiger partial charge in [0.25, 0.3) is 0 Å². The molecule has 0 aliphatic heterocycles. The summed E-state index contributed by atoms with van der Waals surface area (Å²) in [6, 6.07) is -1.03. The predicted molar refractivity (Wildman–Crippen MR) is 70.0 cm³/mol. The Kier molecular flexibility index (Phi) is 5.37. The third kappa shape index (κ3) is 4.25. The van der Waals surface area contributed by atoms with Gasteiger partial charge in [-0.15, -0.1) is 0 Å². The van der Waals surface area contributed by atoms with Crippen molar-refractivity contribution in [1.82, 2.24) is 0 Å². The van der Waals surface area contributed by atoms with E-state index in [1.807, 2.05) is 24.3 Å². The molecule has 0 fully saturated rings. The molecule has 2 unspecified atom stereocenters. The lowest BCUT2D eigenvalue weighted by Gasteiger charge is -2.12. The molecule has 0 spiro atoms. The van der Waals surface area contributed by atoms with Gasteiger partial charge in [-0.3, -0.25) is 9.59 Å². The van der Waals surface area contributed by atoms with Gasteiger partial charge in [-0.2, -0.15) is 0 Å². The zero-order valence-electron chi connectivity index (χ0n) is 10.5. The summed E-state index contributed by atoms with van der Waals surface area (Å²) in [6.45, 7) is 1.37. The van der Waals surface area contributed by atoms with Crippen LogP contribution in [0.4, 0.5) is 0 Å². The number of aliphatic hydroxyl groups excluding tert-OH is 1. The lowest BCUT2D eigenvalue weighted by Crippen LogP contribution is -2.41. The van der Waals surface area contributed by atoms with Crippen LogP contribution in [0.3, 0.4) is 0 Å². The molecule has 2 rings (SSSR count). The van der Waals surface area contributed by atoms with E-state index in [-0.39, 0.29) is 5.78 Å². The van der Waals surface area contributed by atoms with Crippen molar-refractivity contribution in [2.75, 3.05) is 0 Å². The summed E-state index contributed by atoms with van der Waals surface area (Å²) in [7, 11) is -1.69. The van der Waals surface area contributed by atoms with Crippen LogP contribution in [0.1, 0.15) is 6.92 Å². The molecule has 0 amide bonds. The molecule has 0 heterocycles. The van der Waals surface area contributed by atoms with E-state index < -0.39 is 31.4 Å². The summed E-state index contributed by atoms with van der Waals surface area (Å²) < 4.78 is 0. The molecule has 19 heavy (non-hydrogen) atoms. The van der Waals surface area contributed by atoms with E-state index in [9.17, 15) is 9.59 Å². The Balaban J connectivity index is 0.000000196. The van der Waals surface area contributed by atoms with Gasteiger partial charge in [0.1, 0.15) is 5.78 Å². The Morgan fingerprint density at radius 3 is 2.00 bits per heavy atom. The highest BCUT2D eigenvalue weighted by atomic mass is 16.4. The molecule has 0 aromatic carbocycles. The van der Waals surface area contributed by atoms with Crippen LogP contribution in [0.2, 0.25) is 6.32 Å². The highest BCUT2D eigenvalue weighted by molar-refractivity contribution is 6.46. The molecule has 2 bridgehead atoms. The first-order valence-electron chi connectivity index (χ1n) is 5.80. The smallest absolute Gasteiger partial charge is 0.427 e. The van der Waals surface area contributed by atoms with Gasteiger partial charge in [-0.25, -0.2) is 0 Å². The van der Waals surface area contributed by atoms with Gasteiger partial charge in [-0.05, 0) is 6.92 Å². The number of carbonyl (C=O) groups excluding carboxylic acids is 2. The van der Waals surface area contributed by atoms with Crippen LogP contribution in [0.15, 0.2) is 35.5 Å². The molecule has 2 aliphatic carbocycles. The Morgan fingerprint density at radius 1 is 1.32 bits per heavy atom. The first kappa shape index (κ1) is 15.5. The molecule has 7 heteroatoms. The van der Waals surface area contributed by atoms with Crippen molar-refractivity contribution >= 4 is 18.7 Å². The zero-order valence-corrected chi connectivity index (χ0v) is 10.5. The average molecular weight is 265 g/mol. The van der Waals surface area contributed by atoms with Crippen LogP contribution in [-0.4, -0.2) is 46.0 Å².